The molecule has 0 bridgehead atoms. The number of aryl methyl sites for hydroxylation is 1. The van der Waals surface area contributed by atoms with Crippen LogP contribution in [-0.4, -0.2) is 41.1 Å². The van der Waals surface area contributed by atoms with E-state index in [0.717, 1.165) is 12.0 Å². The summed E-state index contributed by atoms with van der Waals surface area (Å²) in [7, 11) is 0. The largest absolute Gasteiger partial charge is 0.391 e. The third-order valence-corrected chi connectivity index (χ3v) is 3.79. The van der Waals surface area contributed by atoms with Crippen LogP contribution in [0.4, 0.5) is 5.82 Å². The van der Waals surface area contributed by atoms with Crippen LogP contribution in [0, 0.1) is 6.92 Å². The first-order valence-corrected chi connectivity index (χ1v) is 8.79. The summed E-state index contributed by atoms with van der Waals surface area (Å²) < 4.78 is 1.37. The Bertz CT molecular complexity index is 862. The van der Waals surface area contributed by atoms with Crippen molar-refractivity contribution in [1.82, 2.24) is 14.9 Å². The van der Waals surface area contributed by atoms with Crippen molar-refractivity contribution in [3.8, 4) is 0 Å². The van der Waals surface area contributed by atoms with Crippen LogP contribution in [0.1, 0.15) is 18.7 Å². The number of carbonyl (C=O) groups excluding carboxylic acids is 1. The smallest absolute Gasteiger partial charge is 0.293 e. The predicted octanol–water partition coefficient (Wildman–Crippen LogP) is 0.164. The Morgan fingerprint density at radius 1 is 1.24 bits per heavy atom. The predicted molar refractivity (Wildman–Crippen MR) is 113 cm³/mol. The van der Waals surface area contributed by atoms with Crippen LogP contribution in [-0.2, 0) is 22.6 Å². The Labute approximate surface area is 169 Å². The maximum atomic E-state index is 12.6. The van der Waals surface area contributed by atoms with Gasteiger partial charge < -0.3 is 26.9 Å². The lowest BCUT2D eigenvalue weighted by atomic mass is 10.1. The van der Waals surface area contributed by atoms with E-state index in [1.165, 1.54) is 4.57 Å². The normalized spacial score (nSPS) is 9.83. The number of nitrogens with zero attached hydrogens (tertiary/aromatic N) is 3. The molecule has 6 N–H and O–H groups in total. The van der Waals surface area contributed by atoms with Gasteiger partial charge in [-0.15, -0.1) is 0 Å². The van der Waals surface area contributed by atoms with E-state index in [0.29, 0.717) is 12.2 Å². The number of guanidine groups is 1. The molecule has 1 aromatic carbocycles. The summed E-state index contributed by atoms with van der Waals surface area (Å²) in [6, 6.07) is 9.92. The van der Waals surface area contributed by atoms with E-state index >= 15 is 0 Å². The van der Waals surface area contributed by atoms with Gasteiger partial charge in [0.1, 0.15) is 13.2 Å². The Morgan fingerprint density at radius 2 is 1.97 bits per heavy atom. The second-order valence-corrected chi connectivity index (χ2v) is 6.00. The minimum Gasteiger partial charge on any atom is -0.391 e. The molecule has 10 heteroatoms. The number of hydrogen-bond donors (Lipinski definition) is 4. The Hall–Kier alpha value is -3.56. The molecular weight excluding hydrogens is 374 g/mol. The van der Waals surface area contributed by atoms with Gasteiger partial charge in [-0.3, -0.25) is 14.2 Å². The van der Waals surface area contributed by atoms with Gasteiger partial charge >= 0.3 is 0 Å². The average Bonchev–Trinajstić information content (AvgIpc) is 2.67. The van der Waals surface area contributed by atoms with E-state index in [9.17, 15) is 9.59 Å². The number of hydrogen-bond acceptors (Lipinski definition) is 6. The summed E-state index contributed by atoms with van der Waals surface area (Å²) in [4.78, 5) is 33.6. The maximum Gasteiger partial charge on any atom is 0.293 e. The van der Waals surface area contributed by atoms with Gasteiger partial charge in [-0.05, 0) is 24.1 Å². The molecule has 1 amide bonds. The molecule has 2 aromatic rings. The second kappa shape index (κ2) is 12.0. The van der Waals surface area contributed by atoms with Gasteiger partial charge in [-0.1, -0.05) is 37.8 Å². The molecule has 0 aliphatic heterocycles. The lowest BCUT2D eigenvalue weighted by molar-refractivity contribution is -0.122. The van der Waals surface area contributed by atoms with E-state index in [4.69, 9.17) is 16.3 Å². The van der Waals surface area contributed by atoms with Crippen molar-refractivity contribution >= 4 is 17.7 Å². The molecule has 0 aliphatic rings. The summed E-state index contributed by atoms with van der Waals surface area (Å²) in [5, 5.41) is 9.01. The molecule has 0 aliphatic carbocycles. The fourth-order valence-corrected chi connectivity index (χ4v) is 2.41. The van der Waals surface area contributed by atoms with E-state index in [1.54, 1.807) is 13.1 Å². The molecule has 0 radical (unpaired) electrons. The molecule has 1 aromatic heterocycles. The summed E-state index contributed by atoms with van der Waals surface area (Å²) in [6.45, 7) is 2.47. The molecule has 0 saturated carbocycles. The number of anilines is 1. The van der Waals surface area contributed by atoms with Gasteiger partial charge in [-0.25, -0.2) is 4.98 Å². The fraction of sp³-hybridized carbons (Fsp3) is 0.368. The summed E-state index contributed by atoms with van der Waals surface area (Å²) in [5.41, 5.74) is 11.6. The van der Waals surface area contributed by atoms with E-state index in [2.05, 4.69) is 20.8 Å². The molecule has 0 fully saturated rings. The highest BCUT2D eigenvalue weighted by molar-refractivity contribution is 5.76. The molecular formula is C19H29N7O3. The monoisotopic (exact) mass is 403 g/mol. The van der Waals surface area contributed by atoms with Crippen LogP contribution in [0.25, 0.3) is 0 Å². The zero-order valence-corrected chi connectivity index (χ0v) is 15.7. The van der Waals surface area contributed by atoms with Gasteiger partial charge in [0, 0.05) is 18.4 Å². The quantitative estimate of drug-likeness (QED) is 0.191. The van der Waals surface area contributed by atoms with Crippen molar-refractivity contribution in [1.29, 1.82) is 0 Å². The lowest BCUT2D eigenvalue weighted by Gasteiger charge is -2.12. The standard InChI is InChI=1S/C18H25N7O3.CH4/c1-13-11-23-16(22-8-7-14-5-3-2-4-6-14)17(27)25(13)12-15(26)21-9-10-28-24-18(19)20;/h2-6,11H,7-10,12H2,1H3,(H,21,26)(H,22,23)(H4,19,20,24);1H4. The van der Waals surface area contributed by atoms with Crippen molar-refractivity contribution in [3.05, 3.63) is 58.1 Å². The third kappa shape index (κ3) is 7.91. The van der Waals surface area contributed by atoms with Crippen molar-refractivity contribution in [2.24, 2.45) is 16.6 Å². The van der Waals surface area contributed by atoms with Gasteiger partial charge in [0.2, 0.25) is 11.9 Å². The Morgan fingerprint density at radius 3 is 2.66 bits per heavy atom. The summed E-state index contributed by atoms with van der Waals surface area (Å²) in [6.07, 6.45) is 2.31. The van der Waals surface area contributed by atoms with Gasteiger partial charge in [-0.2, -0.15) is 0 Å². The molecule has 0 spiro atoms. The second-order valence-electron chi connectivity index (χ2n) is 6.00. The summed E-state index contributed by atoms with van der Waals surface area (Å²) >= 11 is 0. The first kappa shape index (κ1) is 23.5. The van der Waals surface area contributed by atoms with Crippen LogP contribution >= 0.6 is 0 Å². The number of nitrogens with one attached hydrogen (secondary N) is 2. The highest BCUT2D eigenvalue weighted by Crippen LogP contribution is 2.02. The minimum atomic E-state index is -0.347. The lowest BCUT2D eigenvalue weighted by Crippen LogP contribution is -2.36. The number of carbonyl (C=O) groups is 1. The number of oxime groups is 1. The molecule has 2 rings (SSSR count). The topological polar surface area (TPSA) is 150 Å². The van der Waals surface area contributed by atoms with Gasteiger partial charge in [0.25, 0.3) is 5.56 Å². The molecule has 0 unspecified atom stereocenters. The molecule has 10 nitrogen and oxygen atoms in total. The van der Waals surface area contributed by atoms with Crippen LogP contribution < -0.4 is 27.7 Å². The highest BCUT2D eigenvalue weighted by atomic mass is 16.6. The molecule has 158 valence electrons. The van der Waals surface area contributed by atoms with E-state index in [-0.39, 0.29) is 50.4 Å². The van der Waals surface area contributed by atoms with Crippen LogP contribution in [0.3, 0.4) is 0 Å². The first-order valence-electron chi connectivity index (χ1n) is 8.79. The maximum absolute atomic E-state index is 12.6. The number of benzene rings is 1. The number of amides is 1. The average molecular weight is 403 g/mol. The van der Waals surface area contributed by atoms with Crippen molar-refractivity contribution in [2.75, 3.05) is 25.0 Å². The molecule has 29 heavy (non-hydrogen) atoms. The SMILES string of the molecule is C.Cc1cnc(NCCc2ccccc2)c(=O)n1CC(=O)NCCON=C(N)N. The molecule has 0 saturated heterocycles. The fourth-order valence-electron chi connectivity index (χ4n) is 2.41. The van der Waals surface area contributed by atoms with E-state index < -0.39 is 0 Å². The molecule has 1 heterocycles. The number of rotatable bonds is 10. The zero-order chi connectivity index (χ0) is 20.4. The molecule has 0 atom stereocenters. The first-order chi connectivity index (χ1) is 13.5. The van der Waals surface area contributed by atoms with Crippen molar-refractivity contribution < 1.29 is 9.63 Å². The zero-order valence-electron chi connectivity index (χ0n) is 15.7. The van der Waals surface area contributed by atoms with Crippen molar-refractivity contribution in [3.63, 3.8) is 0 Å². The summed E-state index contributed by atoms with van der Waals surface area (Å²) in [5.74, 6) is -0.317. The van der Waals surface area contributed by atoms with E-state index in [1.807, 2.05) is 30.3 Å². The van der Waals surface area contributed by atoms with Crippen LogP contribution in [0.15, 0.2) is 46.5 Å². The Kier molecular flexibility index (Phi) is 9.72. The van der Waals surface area contributed by atoms with Crippen LogP contribution in [0.2, 0.25) is 0 Å². The van der Waals surface area contributed by atoms with Crippen LogP contribution in [0.5, 0.6) is 0 Å². The minimum absolute atomic E-state index is 0. The number of nitrogens with two attached hydrogens (primary N) is 2. The van der Waals surface area contributed by atoms with Crippen molar-refractivity contribution in [2.45, 2.75) is 27.3 Å². The Balaban J connectivity index is 0.00000420. The van der Waals surface area contributed by atoms with Gasteiger partial charge in [0.05, 0.1) is 6.54 Å². The number of aromatic nitrogens is 2. The highest BCUT2D eigenvalue weighted by Gasteiger charge is 2.11. The van der Waals surface area contributed by atoms with Gasteiger partial charge in [0.15, 0.2) is 5.82 Å². The third-order valence-electron chi connectivity index (χ3n) is 3.79.